The van der Waals surface area contributed by atoms with Crippen LogP contribution in [-0.2, 0) is 13.0 Å². The topological polar surface area (TPSA) is 47.7 Å². The summed E-state index contributed by atoms with van der Waals surface area (Å²) in [5, 5.41) is 4.19. The largest absolute Gasteiger partial charge is 0.493 e. The summed E-state index contributed by atoms with van der Waals surface area (Å²) in [5.74, 6) is 2.62. The summed E-state index contributed by atoms with van der Waals surface area (Å²) in [6.45, 7) is 8.77. The van der Waals surface area contributed by atoms with Crippen LogP contribution in [0.1, 0.15) is 55.3 Å². The lowest BCUT2D eigenvalue weighted by molar-refractivity contribution is 0.244. The number of methoxy groups -OCH3 is 1. The van der Waals surface area contributed by atoms with Gasteiger partial charge in [0.1, 0.15) is 5.76 Å². The van der Waals surface area contributed by atoms with Gasteiger partial charge in [-0.1, -0.05) is 18.1 Å². The van der Waals surface area contributed by atoms with Gasteiger partial charge in [0.15, 0.2) is 11.5 Å². The molecule has 2 aromatic rings. The Labute approximate surface area is 149 Å². The molecule has 1 saturated heterocycles. The van der Waals surface area contributed by atoms with Gasteiger partial charge in [0.05, 0.1) is 19.4 Å². The standard InChI is InChI=1S/C20H28N2O3/c1-5-17-20(14(3)21-25-17)16-8-7-11-22(16)13-15-9-10-18(24-6-2)19(12-15)23-4/h9-10,12,16H,5-8,11,13H2,1-4H3/t16-/m0/s1. The maximum atomic E-state index is 5.62. The number of benzene rings is 1. The predicted molar refractivity (Wildman–Crippen MR) is 97.2 cm³/mol. The molecule has 0 N–H and O–H groups in total. The van der Waals surface area contributed by atoms with E-state index in [2.05, 4.69) is 36.0 Å². The number of rotatable bonds is 7. The van der Waals surface area contributed by atoms with E-state index in [0.717, 1.165) is 48.9 Å². The van der Waals surface area contributed by atoms with Crippen molar-refractivity contribution in [1.29, 1.82) is 0 Å². The van der Waals surface area contributed by atoms with Gasteiger partial charge in [0, 0.05) is 24.6 Å². The van der Waals surface area contributed by atoms with Gasteiger partial charge in [-0.2, -0.15) is 0 Å². The van der Waals surface area contributed by atoms with Crippen molar-refractivity contribution in [2.45, 2.75) is 52.6 Å². The molecule has 1 atom stereocenters. The molecule has 0 radical (unpaired) electrons. The minimum absolute atomic E-state index is 0.388. The monoisotopic (exact) mass is 344 g/mol. The zero-order valence-electron chi connectivity index (χ0n) is 15.7. The number of aryl methyl sites for hydroxylation is 2. The Kier molecular flexibility index (Phi) is 5.63. The third kappa shape index (κ3) is 3.66. The maximum Gasteiger partial charge on any atom is 0.161 e. The number of hydrogen-bond donors (Lipinski definition) is 0. The molecule has 1 fully saturated rings. The highest BCUT2D eigenvalue weighted by Crippen LogP contribution is 2.37. The van der Waals surface area contributed by atoms with E-state index in [1.807, 2.05) is 13.0 Å². The van der Waals surface area contributed by atoms with Crippen LogP contribution < -0.4 is 9.47 Å². The molecule has 0 amide bonds. The molecule has 2 heterocycles. The molecule has 0 unspecified atom stereocenters. The first kappa shape index (κ1) is 17.8. The second-order valence-electron chi connectivity index (χ2n) is 6.51. The summed E-state index contributed by atoms with van der Waals surface area (Å²) in [5.41, 5.74) is 3.55. The molecule has 0 spiro atoms. The first-order valence-corrected chi connectivity index (χ1v) is 9.16. The van der Waals surface area contributed by atoms with Crippen LogP contribution in [0.3, 0.4) is 0 Å². The summed E-state index contributed by atoms with van der Waals surface area (Å²) in [7, 11) is 1.69. The molecule has 0 aliphatic carbocycles. The van der Waals surface area contributed by atoms with Gasteiger partial charge in [-0.05, 0) is 50.9 Å². The fourth-order valence-corrected chi connectivity index (χ4v) is 3.77. The van der Waals surface area contributed by atoms with E-state index in [4.69, 9.17) is 14.0 Å². The highest BCUT2D eigenvalue weighted by molar-refractivity contribution is 5.43. The minimum atomic E-state index is 0.388. The molecule has 136 valence electrons. The van der Waals surface area contributed by atoms with Crippen molar-refractivity contribution >= 4 is 0 Å². The van der Waals surface area contributed by atoms with Crippen molar-refractivity contribution in [2.75, 3.05) is 20.3 Å². The first-order chi connectivity index (χ1) is 12.2. The van der Waals surface area contributed by atoms with Crippen molar-refractivity contribution < 1.29 is 14.0 Å². The third-order valence-electron chi connectivity index (χ3n) is 4.91. The van der Waals surface area contributed by atoms with Crippen LogP contribution in [-0.4, -0.2) is 30.3 Å². The van der Waals surface area contributed by atoms with E-state index < -0.39 is 0 Å². The average molecular weight is 344 g/mol. The average Bonchev–Trinajstić information content (AvgIpc) is 3.22. The van der Waals surface area contributed by atoms with Crippen LogP contribution in [0.2, 0.25) is 0 Å². The lowest BCUT2D eigenvalue weighted by Crippen LogP contribution is -2.23. The van der Waals surface area contributed by atoms with E-state index in [1.54, 1.807) is 7.11 Å². The van der Waals surface area contributed by atoms with Crippen molar-refractivity contribution in [3.63, 3.8) is 0 Å². The zero-order valence-corrected chi connectivity index (χ0v) is 15.7. The van der Waals surface area contributed by atoms with Crippen molar-refractivity contribution in [1.82, 2.24) is 10.1 Å². The molecule has 5 nitrogen and oxygen atoms in total. The smallest absolute Gasteiger partial charge is 0.161 e. The van der Waals surface area contributed by atoms with Gasteiger partial charge in [-0.3, -0.25) is 4.90 Å². The van der Waals surface area contributed by atoms with E-state index in [0.29, 0.717) is 12.6 Å². The van der Waals surface area contributed by atoms with Crippen LogP contribution in [0.15, 0.2) is 22.7 Å². The molecule has 1 aliphatic heterocycles. The van der Waals surface area contributed by atoms with Crippen LogP contribution in [0.25, 0.3) is 0 Å². The number of aromatic nitrogens is 1. The molecule has 25 heavy (non-hydrogen) atoms. The Bertz CT molecular complexity index is 711. The van der Waals surface area contributed by atoms with E-state index in [-0.39, 0.29) is 0 Å². The van der Waals surface area contributed by atoms with Crippen LogP contribution >= 0.6 is 0 Å². The SMILES string of the molecule is CCOc1ccc(CN2CCC[C@H]2c2c(C)noc2CC)cc1OC. The lowest BCUT2D eigenvalue weighted by atomic mass is 10.0. The Morgan fingerprint density at radius 3 is 2.84 bits per heavy atom. The molecular weight excluding hydrogens is 316 g/mol. The summed E-state index contributed by atoms with van der Waals surface area (Å²) in [6.07, 6.45) is 3.24. The molecule has 1 aliphatic rings. The highest BCUT2D eigenvalue weighted by Gasteiger charge is 2.31. The Hall–Kier alpha value is -2.01. The third-order valence-corrected chi connectivity index (χ3v) is 4.91. The summed E-state index contributed by atoms with van der Waals surface area (Å²) in [6, 6.07) is 6.61. The second kappa shape index (κ2) is 7.91. The predicted octanol–water partition coefficient (Wildman–Crippen LogP) is 4.29. The quantitative estimate of drug-likeness (QED) is 0.750. The fourth-order valence-electron chi connectivity index (χ4n) is 3.77. The molecule has 1 aromatic heterocycles. The normalized spacial score (nSPS) is 17.8. The molecule has 1 aromatic carbocycles. The van der Waals surface area contributed by atoms with Gasteiger partial charge in [0.2, 0.25) is 0 Å². The lowest BCUT2D eigenvalue weighted by Gasteiger charge is -2.25. The number of likely N-dealkylation sites (tertiary alicyclic amines) is 1. The number of nitrogens with zero attached hydrogens (tertiary/aromatic N) is 2. The summed E-state index contributed by atoms with van der Waals surface area (Å²) in [4.78, 5) is 2.52. The van der Waals surface area contributed by atoms with Gasteiger partial charge < -0.3 is 14.0 Å². The van der Waals surface area contributed by atoms with Crippen molar-refractivity contribution in [3.8, 4) is 11.5 Å². The molecule has 5 heteroatoms. The van der Waals surface area contributed by atoms with E-state index in [1.165, 1.54) is 17.5 Å². The van der Waals surface area contributed by atoms with Crippen LogP contribution in [0.5, 0.6) is 11.5 Å². The van der Waals surface area contributed by atoms with Crippen molar-refractivity contribution in [3.05, 3.63) is 40.8 Å². The zero-order chi connectivity index (χ0) is 17.8. The van der Waals surface area contributed by atoms with E-state index in [9.17, 15) is 0 Å². The van der Waals surface area contributed by atoms with Gasteiger partial charge in [-0.15, -0.1) is 0 Å². The molecular formula is C20H28N2O3. The summed E-state index contributed by atoms with van der Waals surface area (Å²) < 4.78 is 16.6. The van der Waals surface area contributed by atoms with Crippen LogP contribution in [0.4, 0.5) is 0 Å². The Morgan fingerprint density at radius 2 is 2.12 bits per heavy atom. The fraction of sp³-hybridized carbons (Fsp3) is 0.550. The van der Waals surface area contributed by atoms with Gasteiger partial charge >= 0.3 is 0 Å². The van der Waals surface area contributed by atoms with Gasteiger partial charge in [0.25, 0.3) is 0 Å². The Morgan fingerprint density at radius 1 is 1.28 bits per heavy atom. The maximum absolute atomic E-state index is 5.62. The number of ether oxygens (including phenoxy) is 2. The minimum Gasteiger partial charge on any atom is -0.493 e. The molecule has 3 rings (SSSR count). The second-order valence-corrected chi connectivity index (χ2v) is 6.51. The van der Waals surface area contributed by atoms with Crippen molar-refractivity contribution in [2.24, 2.45) is 0 Å². The first-order valence-electron chi connectivity index (χ1n) is 9.16. The molecule has 0 bridgehead atoms. The highest BCUT2D eigenvalue weighted by atomic mass is 16.5. The van der Waals surface area contributed by atoms with E-state index >= 15 is 0 Å². The van der Waals surface area contributed by atoms with Crippen LogP contribution in [0, 0.1) is 6.92 Å². The van der Waals surface area contributed by atoms with Gasteiger partial charge in [-0.25, -0.2) is 0 Å². The summed E-state index contributed by atoms with van der Waals surface area (Å²) >= 11 is 0. The Balaban J connectivity index is 1.81. The number of hydrogen-bond acceptors (Lipinski definition) is 5. The molecule has 0 saturated carbocycles.